The van der Waals surface area contributed by atoms with Crippen LogP contribution in [-0.4, -0.2) is 65.1 Å². The number of hydrogen-bond acceptors (Lipinski definition) is 4. The van der Waals surface area contributed by atoms with Crippen LogP contribution < -0.4 is 10.6 Å². The molecule has 2 amide bonds. The lowest BCUT2D eigenvalue weighted by Crippen LogP contribution is -2.35. The van der Waals surface area contributed by atoms with E-state index in [9.17, 15) is 14.4 Å². The minimum atomic E-state index is -0.951. The molecule has 0 saturated carbocycles. The molecule has 0 aromatic carbocycles. The lowest BCUT2D eigenvalue weighted by atomic mass is 9.94. The van der Waals surface area contributed by atoms with Crippen molar-refractivity contribution in [3.05, 3.63) is 23.5 Å². The molecule has 8 nitrogen and oxygen atoms in total. The third-order valence-electron chi connectivity index (χ3n) is 5.75. The molecule has 28 heavy (non-hydrogen) atoms. The van der Waals surface area contributed by atoms with Crippen LogP contribution in [0.1, 0.15) is 53.5 Å². The predicted molar refractivity (Wildman–Crippen MR) is 104 cm³/mol. The van der Waals surface area contributed by atoms with Crippen molar-refractivity contribution in [1.29, 1.82) is 0 Å². The van der Waals surface area contributed by atoms with Crippen LogP contribution in [0.25, 0.3) is 0 Å². The Morgan fingerprint density at radius 3 is 2.79 bits per heavy atom. The topological polar surface area (TPSA) is 104 Å². The highest BCUT2D eigenvalue weighted by Gasteiger charge is 2.26. The van der Waals surface area contributed by atoms with E-state index >= 15 is 0 Å². The molecular weight excluding hydrogens is 360 g/mol. The van der Waals surface area contributed by atoms with Gasteiger partial charge >= 0.3 is 5.97 Å². The zero-order valence-corrected chi connectivity index (χ0v) is 16.4. The molecule has 3 heterocycles. The number of aliphatic carboxylic acids is 1. The zero-order chi connectivity index (χ0) is 20.1. The van der Waals surface area contributed by atoms with Crippen molar-refractivity contribution in [2.24, 2.45) is 11.8 Å². The predicted octanol–water partition coefficient (Wildman–Crippen LogP) is 1.17. The first-order valence-corrected chi connectivity index (χ1v) is 10.2. The van der Waals surface area contributed by atoms with Gasteiger partial charge in [-0.2, -0.15) is 0 Å². The molecule has 1 aromatic heterocycles. The molecule has 0 unspecified atom stereocenters. The lowest BCUT2D eigenvalue weighted by molar-refractivity contribution is -0.140. The Morgan fingerprint density at radius 2 is 2.07 bits per heavy atom. The smallest absolute Gasteiger partial charge is 0.308 e. The van der Waals surface area contributed by atoms with Crippen LogP contribution in [0.4, 0.5) is 0 Å². The molecule has 1 aromatic rings. The molecule has 1 atom stereocenters. The van der Waals surface area contributed by atoms with E-state index in [1.165, 1.54) is 0 Å². The highest BCUT2D eigenvalue weighted by Crippen LogP contribution is 2.20. The number of carboxylic acids is 1. The fourth-order valence-corrected chi connectivity index (χ4v) is 3.85. The number of carbonyl (C=O) groups is 3. The number of amides is 2. The highest BCUT2D eigenvalue weighted by molar-refractivity contribution is 5.99. The van der Waals surface area contributed by atoms with E-state index in [2.05, 4.69) is 10.6 Å². The minimum absolute atomic E-state index is 0.0237. The van der Waals surface area contributed by atoms with E-state index in [0.717, 1.165) is 51.9 Å². The first-order chi connectivity index (χ1) is 13.5. The van der Waals surface area contributed by atoms with Gasteiger partial charge in [0.25, 0.3) is 11.8 Å². The second kappa shape index (κ2) is 9.23. The van der Waals surface area contributed by atoms with E-state index in [1.807, 2.05) is 9.47 Å². The van der Waals surface area contributed by atoms with Crippen molar-refractivity contribution in [3.63, 3.8) is 0 Å². The molecule has 1 saturated heterocycles. The van der Waals surface area contributed by atoms with Crippen molar-refractivity contribution >= 4 is 17.8 Å². The number of aryl methyl sites for hydroxylation is 1. The number of nitrogens with one attached hydrogen (secondary N) is 2. The Kier molecular flexibility index (Phi) is 6.72. The number of fused-ring (bicyclic) bond motifs is 1. The quantitative estimate of drug-likeness (QED) is 0.649. The van der Waals surface area contributed by atoms with E-state index in [4.69, 9.17) is 5.11 Å². The molecular formula is C20H30N4O4. The van der Waals surface area contributed by atoms with Gasteiger partial charge < -0.3 is 25.2 Å². The van der Waals surface area contributed by atoms with Gasteiger partial charge in [-0.3, -0.25) is 14.4 Å². The van der Waals surface area contributed by atoms with Crippen LogP contribution in [0, 0.1) is 11.8 Å². The maximum absolute atomic E-state index is 13.0. The first kappa shape index (κ1) is 20.4. The number of nitrogens with zero attached hydrogens (tertiary/aromatic N) is 2. The van der Waals surface area contributed by atoms with Crippen LogP contribution >= 0.6 is 0 Å². The summed E-state index contributed by atoms with van der Waals surface area (Å²) in [7, 11) is 0. The van der Waals surface area contributed by atoms with E-state index < -0.39 is 11.9 Å². The number of carbonyl (C=O) groups excluding carboxylic acids is 2. The Hall–Kier alpha value is -2.35. The number of carboxylic acid groups (broad SMARTS) is 1. The SMILES string of the molecule is C[C@@H](CNC(=O)c1cc2n(c1)CCCN(CCC1CCNCC1)C2=O)C(=O)O. The number of aromatic nitrogens is 1. The fourth-order valence-electron chi connectivity index (χ4n) is 3.85. The Labute approximate surface area is 165 Å². The maximum atomic E-state index is 13.0. The third-order valence-corrected chi connectivity index (χ3v) is 5.75. The first-order valence-electron chi connectivity index (χ1n) is 10.2. The standard InChI is InChI=1S/C20H30N4O4/c1-14(20(27)28)12-22-18(25)16-11-17-19(26)23(8-2-9-24(17)13-16)10-5-15-3-6-21-7-4-15/h11,13-15,21H,2-10,12H2,1H3,(H,22,25)(H,27,28)/t14-/m0/s1. The van der Waals surface area contributed by atoms with Gasteiger partial charge in [0.2, 0.25) is 0 Å². The molecule has 154 valence electrons. The van der Waals surface area contributed by atoms with E-state index in [0.29, 0.717) is 23.7 Å². The van der Waals surface area contributed by atoms with Crippen molar-refractivity contribution in [3.8, 4) is 0 Å². The van der Waals surface area contributed by atoms with Crippen LogP contribution in [-0.2, 0) is 11.3 Å². The summed E-state index contributed by atoms with van der Waals surface area (Å²) in [4.78, 5) is 38.1. The average Bonchev–Trinajstić information content (AvgIpc) is 3.06. The van der Waals surface area contributed by atoms with Crippen molar-refractivity contribution in [2.75, 3.05) is 32.7 Å². The monoisotopic (exact) mass is 390 g/mol. The summed E-state index contributed by atoms with van der Waals surface area (Å²) in [6, 6.07) is 1.63. The van der Waals surface area contributed by atoms with Crippen LogP contribution in [0.3, 0.4) is 0 Å². The molecule has 0 bridgehead atoms. The van der Waals surface area contributed by atoms with Gasteiger partial charge in [-0.25, -0.2) is 0 Å². The summed E-state index contributed by atoms with van der Waals surface area (Å²) in [6.07, 6.45) is 5.91. The Bertz CT molecular complexity index is 724. The average molecular weight is 390 g/mol. The molecule has 0 spiro atoms. The number of piperidine rings is 1. The molecule has 3 N–H and O–H groups in total. The van der Waals surface area contributed by atoms with Crippen molar-refractivity contribution in [1.82, 2.24) is 20.1 Å². The lowest BCUT2D eigenvalue weighted by Gasteiger charge is -2.26. The van der Waals surface area contributed by atoms with Gasteiger partial charge in [0.05, 0.1) is 11.5 Å². The van der Waals surface area contributed by atoms with Crippen LogP contribution in [0.15, 0.2) is 12.3 Å². The summed E-state index contributed by atoms with van der Waals surface area (Å²) < 4.78 is 1.85. The van der Waals surface area contributed by atoms with Gasteiger partial charge in [0.1, 0.15) is 5.69 Å². The van der Waals surface area contributed by atoms with Crippen LogP contribution in [0.5, 0.6) is 0 Å². The summed E-state index contributed by atoms with van der Waals surface area (Å²) in [5, 5.41) is 14.9. The molecule has 8 heteroatoms. The molecule has 3 rings (SSSR count). The number of rotatable bonds is 7. The van der Waals surface area contributed by atoms with Crippen LogP contribution in [0.2, 0.25) is 0 Å². The summed E-state index contributed by atoms with van der Waals surface area (Å²) >= 11 is 0. The molecule has 2 aliphatic rings. The molecule has 0 aliphatic carbocycles. The normalized spacial score (nSPS) is 19.0. The summed E-state index contributed by atoms with van der Waals surface area (Å²) in [6.45, 7) is 5.91. The molecule has 0 radical (unpaired) electrons. The van der Waals surface area contributed by atoms with E-state index in [-0.39, 0.29) is 18.4 Å². The Morgan fingerprint density at radius 1 is 1.32 bits per heavy atom. The number of hydrogen-bond donors (Lipinski definition) is 3. The summed E-state index contributed by atoms with van der Waals surface area (Å²) in [5.74, 6) is -1.31. The van der Waals surface area contributed by atoms with Gasteiger partial charge in [-0.1, -0.05) is 6.92 Å². The van der Waals surface area contributed by atoms with Crippen molar-refractivity contribution < 1.29 is 19.5 Å². The van der Waals surface area contributed by atoms with Gasteiger partial charge in [-0.15, -0.1) is 0 Å². The zero-order valence-electron chi connectivity index (χ0n) is 16.4. The van der Waals surface area contributed by atoms with Gasteiger partial charge in [-0.05, 0) is 50.8 Å². The highest BCUT2D eigenvalue weighted by atomic mass is 16.4. The third kappa shape index (κ3) is 4.92. The largest absolute Gasteiger partial charge is 0.481 e. The second-order valence-corrected chi connectivity index (χ2v) is 7.88. The summed E-state index contributed by atoms with van der Waals surface area (Å²) in [5.41, 5.74) is 0.945. The maximum Gasteiger partial charge on any atom is 0.308 e. The van der Waals surface area contributed by atoms with Crippen molar-refractivity contribution in [2.45, 2.75) is 39.2 Å². The van der Waals surface area contributed by atoms with E-state index in [1.54, 1.807) is 19.2 Å². The van der Waals surface area contributed by atoms with Gasteiger partial charge in [0, 0.05) is 32.4 Å². The molecule has 1 fully saturated rings. The Balaban J connectivity index is 1.61. The minimum Gasteiger partial charge on any atom is -0.481 e. The second-order valence-electron chi connectivity index (χ2n) is 7.88. The van der Waals surface area contributed by atoms with Gasteiger partial charge in [0.15, 0.2) is 0 Å². The molecule has 2 aliphatic heterocycles. The fraction of sp³-hybridized carbons (Fsp3) is 0.650.